The maximum absolute atomic E-state index is 10.7. The second kappa shape index (κ2) is 5.66. The van der Waals surface area contributed by atoms with E-state index in [4.69, 9.17) is 10.5 Å². The number of rotatable bonds is 4. The zero-order valence-corrected chi connectivity index (χ0v) is 11.3. The van der Waals surface area contributed by atoms with Crippen LogP contribution in [0.3, 0.4) is 0 Å². The number of nitrogens with zero attached hydrogens (tertiary/aromatic N) is 2. The van der Waals surface area contributed by atoms with Crippen molar-refractivity contribution in [3.05, 3.63) is 56.7 Å². The number of nitrogens with two attached hydrogens (primary N) is 1. The fourth-order valence-electron chi connectivity index (χ4n) is 1.42. The van der Waals surface area contributed by atoms with Crippen LogP contribution in [-0.2, 0) is 6.61 Å². The first kappa shape index (κ1) is 13.3. The van der Waals surface area contributed by atoms with Crippen LogP contribution in [0.25, 0.3) is 0 Å². The number of hydrogen-bond donors (Lipinski definition) is 1. The Labute approximate surface area is 117 Å². The molecule has 0 aliphatic heterocycles. The smallest absolute Gasteiger partial charge is 0.274 e. The van der Waals surface area contributed by atoms with E-state index in [0.717, 1.165) is 5.56 Å². The van der Waals surface area contributed by atoms with Crippen LogP contribution in [0.2, 0.25) is 0 Å². The van der Waals surface area contributed by atoms with E-state index in [2.05, 4.69) is 20.9 Å². The number of pyridine rings is 1. The minimum absolute atomic E-state index is 0.0280. The molecule has 2 N–H and O–H groups in total. The molecule has 1 heterocycles. The summed E-state index contributed by atoms with van der Waals surface area (Å²) in [6.45, 7) is 0.265. The van der Waals surface area contributed by atoms with E-state index >= 15 is 0 Å². The molecule has 0 aliphatic rings. The summed E-state index contributed by atoms with van der Waals surface area (Å²) in [4.78, 5) is 14.2. The molecule has 0 radical (unpaired) electrons. The summed E-state index contributed by atoms with van der Waals surface area (Å²) in [5.41, 5.74) is 6.28. The number of non-ortho nitro benzene ring substituents is 1. The van der Waals surface area contributed by atoms with Crippen molar-refractivity contribution in [2.45, 2.75) is 6.61 Å². The lowest BCUT2D eigenvalue weighted by atomic mass is 10.3. The molecule has 19 heavy (non-hydrogen) atoms. The summed E-state index contributed by atoms with van der Waals surface area (Å²) < 4.78 is 6.08. The lowest BCUT2D eigenvalue weighted by Gasteiger charge is -2.06. The van der Waals surface area contributed by atoms with Crippen molar-refractivity contribution in [2.75, 3.05) is 5.73 Å². The topological polar surface area (TPSA) is 91.3 Å². The van der Waals surface area contributed by atoms with Crippen LogP contribution in [0.4, 0.5) is 11.5 Å². The first-order valence-corrected chi connectivity index (χ1v) is 6.12. The second-order valence-electron chi connectivity index (χ2n) is 3.78. The van der Waals surface area contributed by atoms with E-state index in [1.807, 2.05) is 0 Å². The molecule has 0 spiro atoms. The number of aromatic nitrogens is 1. The first-order valence-electron chi connectivity index (χ1n) is 5.33. The molecule has 0 saturated heterocycles. The third-order valence-corrected chi connectivity index (χ3v) is 2.78. The molecule has 0 bridgehead atoms. The first-order chi connectivity index (χ1) is 9.04. The van der Waals surface area contributed by atoms with Gasteiger partial charge in [0.05, 0.1) is 11.0 Å². The van der Waals surface area contributed by atoms with Crippen LogP contribution in [0.1, 0.15) is 5.56 Å². The normalized spacial score (nSPS) is 10.2. The van der Waals surface area contributed by atoms with Gasteiger partial charge in [0.2, 0.25) is 0 Å². The Morgan fingerprint density at radius 2 is 2.16 bits per heavy atom. The van der Waals surface area contributed by atoms with Gasteiger partial charge in [-0.3, -0.25) is 10.1 Å². The number of halogens is 1. The van der Waals surface area contributed by atoms with Gasteiger partial charge in [0, 0.05) is 22.3 Å². The number of ether oxygens (including phenoxy) is 1. The summed E-state index contributed by atoms with van der Waals surface area (Å²) in [6, 6.07) is 7.90. The molecule has 1 aromatic heterocycles. The minimum atomic E-state index is -0.470. The molecular formula is C12H10BrN3O3. The zero-order valence-electron chi connectivity index (χ0n) is 9.75. The Hall–Kier alpha value is -2.15. The lowest BCUT2D eigenvalue weighted by Crippen LogP contribution is -1.98. The van der Waals surface area contributed by atoms with Crippen LogP contribution in [0.5, 0.6) is 5.75 Å². The van der Waals surface area contributed by atoms with Gasteiger partial charge in [-0.15, -0.1) is 0 Å². The van der Waals surface area contributed by atoms with Crippen LogP contribution in [0.15, 0.2) is 41.0 Å². The summed E-state index contributed by atoms with van der Waals surface area (Å²) in [6.07, 6.45) is 1.60. The van der Waals surface area contributed by atoms with E-state index in [0.29, 0.717) is 16.0 Å². The maximum atomic E-state index is 10.7. The molecule has 6 nitrogen and oxygen atoms in total. The molecule has 0 atom stereocenters. The van der Waals surface area contributed by atoms with Gasteiger partial charge in [-0.2, -0.15) is 0 Å². The van der Waals surface area contributed by atoms with Crippen molar-refractivity contribution in [1.82, 2.24) is 4.98 Å². The van der Waals surface area contributed by atoms with Crippen molar-refractivity contribution in [3.8, 4) is 5.75 Å². The molecular weight excluding hydrogens is 314 g/mol. The van der Waals surface area contributed by atoms with Crippen molar-refractivity contribution in [3.63, 3.8) is 0 Å². The van der Waals surface area contributed by atoms with E-state index in [-0.39, 0.29) is 12.3 Å². The van der Waals surface area contributed by atoms with Crippen molar-refractivity contribution >= 4 is 27.4 Å². The molecule has 0 aliphatic carbocycles. The number of anilines is 1. The van der Waals surface area contributed by atoms with E-state index in [9.17, 15) is 10.1 Å². The number of nitrogen functional groups attached to an aromatic ring is 1. The van der Waals surface area contributed by atoms with Crippen molar-refractivity contribution in [2.24, 2.45) is 0 Å². The maximum Gasteiger partial charge on any atom is 0.274 e. The van der Waals surface area contributed by atoms with Crippen molar-refractivity contribution in [1.29, 1.82) is 0 Å². The highest BCUT2D eigenvalue weighted by Gasteiger charge is 2.09. The molecule has 1 aromatic carbocycles. The highest BCUT2D eigenvalue weighted by Crippen LogP contribution is 2.26. The quantitative estimate of drug-likeness (QED) is 0.690. The number of nitro groups is 1. The van der Waals surface area contributed by atoms with Crippen LogP contribution < -0.4 is 10.5 Å². The summed E-state index contributed by atoms with van der Waals surface area (Å²) in [7, 11) is 0. The fraction of sp³-hybridized carbons (Fsp3) is 0.0833. The van der Waals surface area contributed by atoms with E-state index in [1.54, 1.807) is 24.4 Å². The standard InChI is InChI=1S/C12H10BrN3O3/c13-9-3-10(16(17)18)5-11(4-9)19-7-8-1-2-12(14)15-6-8/h1-6H,7H2,(H2,14,15). The fourth-order valence-corrected chi connectivity index (χ4v) is 1.88. The number of benzene rings is 1. The highest BCUT2D eigenvalue weighted by molar-refractivity contribution is 9.10. The Morgan fingerprint density at radius 3 is 2.79 bits per heavy atom. The second-order valence-corrected chi connectivity index (χ2v) is 4.70. The number of nitro benzene ring substituents is 1. The molecule has 0 unspecified atom stereocenters. The van der Waals surface area contributed by atoms with Gasteiger partial charge >= 0.3 is 0 Å². The van der Waals surface area contributed by atoms with Gasteiger partial charge < -0.3 is 10.5 Å². The van der Waals surface area contributed by atoms with Gasteiger partial charge in [-0.25, -0.2) is 4.98 Å². The van der Waals surface area contributed by atoms with Crippen LogP contribution in [0, 0.1) is 10.1 Å². The van der Waals surface area contributed by atoms with Gasteiger partial charge in [0.15, 0.2) is 0 Å². The summed E-state index contributed by atoms with van der Waals surface area (Å²) >= 11 is 3.20. The van der Waals surface area contributed by atoms with E-state index in [1.165, 1.54) is 12.1 Å². The number of hydrogen-bond acceptors (Lipinski definition) is 5. The Kier molecular flexibility index (Phi) is 3.96. The average Bonchev–Trinajstić information content (AvgIpc) is 2.37. The van der Waals surface area contributed by atoms with E-state index < -0.39 is 4.92 Å². The third kappa shape index (κ3) is 3.65. The average molecular weight is 324 g/mol. The van der Waals surface area contributed by atoms with Crippen molar-refractivity contribution < 1.29 is 9.66 Å². The SMILES string of the molecule is Nc1ccc(COc2cc(Br)cc([N+](=O)[O-])c2)cn1. The van der Waals surface area contributed by atoms with Crippen LogP contribution in [-0.4, -0.2) is 9.91 Å². The predicted octanol–water partition coefficient (Wildman–Crippen LogP) is 2.91. The molecule has 0 saturated carbocycles. The van der Waals surface area contributed by atoms with Crippen LogP contribution >= 0.6 is 15.9 Å². The Balaban J connectivity index is 2.11. The Bertz CT molecular complexity index is 602. The molecule has 0 amide bonds. The monoisotopic (exact) mass is 323 g/mol. The van der Waals surface area contributed by atoms with Gasteiger partial charge in [0.1, 0.15) is 18.2 Å². The third-order valence-electron chi connectivity index (χ3n) is 2.32. The predicted molar refractivity (Wildman–Crippen MR) is 73.8 cm³/mol. The largest absolute Gasteiger partial charge is 0.489 e. The lowest BCUT2D eigenvalue weighted by molar-refractivity contribution is -0.385. The molecule has 7 heteroatoms. The van der Waals surface area contributed by atoms with Gasteiger partial charge in [-0.05, 0) is 12.1 Å². The minimum Gasteiger partial charge on any atom is -0.489 e. The summed E-state index contributed by atoms with van der Waals surface area (Å²) in [5, 5.41) is 10.7. The molecule has 98 valence electrons. The molecule has 0 fully saturated rings. The highest BCUT2D eigenvalue weighted by atomic mass is 79.9. The zero-order chi connectivity index (χ0) is 13.8. The van der Waals surface area contributed by atoms with Gasteiger partial charge in [0.25, 0.3) is 5.69 Å². The van der Waals surface area contributed by atoms with Gasteiger partial charge in [-0.1, -0.05) is 22.0 Å². The summed E-state index contributed by atoms with van der Waals surface area (Å²) in [5.74, 6) is 0.847. The molecule has 2 rings (SSSR count). The molecule has 2 aromatic rings. The Morgan fingerprint density at radius 1 is 1.37 bits per heavy atom.